The predicted octanol–water partition coefficient (Wildman–Crippen LogP) is 2.19. The number of carbonyl (C=O) groups excluding carboxylic acids is 1. The van der Waals surface area contributed by atoms with E-state index < -0.39 is 0 Å². The Labute approximate surface area is 126 Å². The van der Waals surface area contributed by atoms with Gasteiger partial charge >= 0.3 is 0 Å². The zero-order valence-corrected chi connectivity index (χ0v) is 12.3. The fraction of sp³-hybridized carbons (Fsp3) is 0.214. The zero-order chi connectivity index (χ0) is 15.2. The third-order valence-corrected chi connectivity index (χ3v) is 3.76. The van der Waals surface area contributed by atoms with Gasteiger partial charge in [0.15, 0.2) is 5.16 Å². The molecular weight excluding hydrogens is 291 g/mol. The Kier molecular flexibility index (Phi) is 5.10. The molecule has 0 radical (unpaired) electrons. The molecule has 0 bridgehead atoms. The lowest BCUT2D eigenvalue weighted by atomic mass is 10.3. The summed E-state index contributed by atoms with van der Waals surface area (Å²) in [5, 5.41) is 10.5. The van der Waals surface area contributed by atoms with E-state index >= 15 is 0 Å². The van der Waals surface area contributed by atoms with Gasteiger partial charge in [-0.2, -0.15) is 0 Å². The van der Waals surface area contributed by atoms with Crippen molar-refractivity contribution in [2.75, 3.05) is 6.54 Å². The molecule has 0 unspecified atom stereocenters. The number of thioether (sulfide) groups is 1. The van der Waals surface area contributed by atoms with Gasteiger partial charge < -0.3 is 5.32 Å². The third kappa shape index (κ3) is 3.69. The molecule has 110 valence electrons. The first kappa shape index (κ1) is 15.2. The highest BCUT2D eigenvalue weighted by atomic mass is 32.2. The number of hydrogen-bond donors (Lipinski definition) is 1. The molecule has 2 aromatic rings. The molecule has 7 heteroatoms. The number of para-hydroxylation sites is 1. The van der Waals surface area contributed by atoms with Gasteiger partial charge in [0.05, 0.1) is 10.9 Å². The second kappa shape index (κ2) is 7.03. The van der Waals surface area contributed by atoms with Crippen molar-refractivity contribution in [1.82, 2.24) is 20.1 Å². The summed E-state index contributed by atoms with van der Waals surface area (Å²) in [6, 6.07) is 6.34. The van der Waals surface area contributed by atoms with Gasteiger partial charge in [-0.15, -0.1) is 16.8 Å². The molecule has 0 saturated carbocycles. The number of aromatic nitrogens is 3. The summed E-state index contributed by atoms with van der Waals surface area (Å²) < 4.78 is 15.3. The molecule has 0 aliphatic heterocycles. The van der Waals surface area contributed by atoms with Gasteiger partial charge in [0.2, 0.25) is 5.91 Å². The summed E-state index contributed by atoms with van der Waals surface area (Å²) in [7, 11) is 0. The van der Waals surface area contributed by atoms with E-state index in [4.69, 9.17) is 0 Å². The van der Waals surface area contributed by atoms with Crippen LogP contribution in [0.1, 0.15) is 6.92 Å². The zero-order valence-electron chi connectivity index (χ0n) is 11.5. The second-order valence-corrected chi connectivity index (χ2v) is 5.54. The van der Waals surface area contributed by atoms with Crippen molar-refractivity contribution in [1.29, 1.82) is 0 Å². The summed E-state index contributed by atoms with van der Waals surface area (Å²) in [6.07, 6.45) is 3.03. The lowest BCUT2D eigenvalue weighted by molar-refractivity contribution is -0.120. The van der Waals surface area contributed by atoms with Crippen LogP contribution in [0.25, 0.3) is 5.69 Å². The first-order chi connectivity index (χ1) is 10.1. The average Bonchev–Trinajstić information content (AvgIpc) is 2.93. The van der Waals surface area contributed by atoms with Crippen molar-refractivity contribution in [3.63, 3.8) is 0 Å². The molecule has 1 heterocycles. The summed E-state index contributed by atoms with van der Waals surface area (Å²) >= 11 is 1.22. The van der Waals surface area contributed by atoms with Crippen LogP contribution in [0.5, 0.6) is 0 Å². The number of benzene rings is 1. The van der Waals surface area contributed by atoms with Gasteiger partial charge in [-0.1, -0.05) is 30.0 Å². The largest absolute Gasteiger partial charge is 0.352 e. The van der Waals surface area contributed by atoms with E-state index in [1.807, 2.05) is 0 Å². The molecule has 1 aromatic heterocycles. The highest BCUT2D eigenvalue weighted by molar-refractivity contribution is 8.00. The van der Waals surface area contributed by atoms with Gasteiger partial charge in [-0.3, -0.25) is 9.36 Å². The summed E-state index contributed by atoms with van der Waals surface area (Å²) in [5.74, 6) is -0.508. The average molecular weight is 306 g/mol. The molecule has 5 nitrogen and oxygen atoms in total. The molecule has 1 amide bonds. The quantitative estimate of drug-likeness (QED) is 0.656. The predicted molar refractivity (Wildman–Crippen MR) is 79.8 cm³/mol. The molecule has 0 aliphatic carbocycles. The molecule has 1 aromatic carbocycles. The Morgan fingerprint density at radius 2 is 2.33 bits per heavy atom. The number of rotatable bonds is 6. The van der Waals surface area contributed by atoms with Gasteiger partial charge in [0.25, 0.3) is 0 Å². The van der Waals surface area contributed by atoms with Crippen molar-refractivity contribution in [2.45, 2.75) is 17.3 Å². The highest BCUT2D eigenvalue weighted by Gasteiger charge is 2.18. The SMILES string of the molecule is C=CCNC(=O)[C@@H](C)Sc1nncn1-c1ccccc1F. The van der Waals surface area contributed by atoms with Crippen LogP contribution in [0.4, 0.5) is 4.39 Å². The lowest BCUT2D eigenvalue weighted by Gasteiger charge is -2.11. The maximum atomic E-state index is 13.8. The van der Waals surface area contributed by atoms with Gasteiger partial charge in [-0.25, -0.2) is 4.39 Å². The third-order valence-electron chi connectivity index (χ3n) is 2.70. The van der Waals surface area contributed by atoms with Crippen LogP contribution >= 0.6 is 11.8 Å². The fourth-order valence-electron chi connectivity index (χ4n) is 1.65. The number of halogens is 1. The van der Waals surface area contributed by atoms with Gasteiger partial charge in [0.1, 0.15) is 12.1 Å². The Balaban J connectivity index is 2.16. The van der Waals surface area contributed by atoms with Crippen LogP contribution in [0.2, 0.25) is 0 Å². The van der Waals surface area contributed by atoms with E-state index in [0.29, 0.717) is 17.4 Å². The molecular formula is C14H15FN4OS. The normalized spacial score (nSPS) is 11.9. The Hall–Kier alpha value is -2.15. The maximum Gasteiger partial charge on any atom is 0.233 e. The van der Waals surface area contributed by atoms with E-state index in [1.165, 1.54) is 28.7 Å². The molecule has 0 aliphatic rings. The number of nitrogens with zero attached hydrogens (tertiary/aromatic N) is 3. The van der Waals surface area contributed by atoms with Crippen LogP contribution < -0.4 is 5.32 Å². The first-order valence-electron chi connectivity index (χ1n) is 6.33. The maximum absolute atomic E-state index is 13.8. The summed E-state index contributed by atoms with van der Waals surface area (Å²) in [6.45, 7) is 5.70. The van der Waals surface area contributed by atoms with Crippen LogP contribution in [0.15, 0.2) is 48.4 Å². The standard InChI is InChI=1S/C14H15FN4OS/c1-3-8-16-13(20)10(2)21-14-18-17-9-19(14)12-7-5-4-6-11(12)15/h3-7,9-10H,1,8H2,2H3,(H,16,20)/t10-/m1/s1. The molecule has 2 rings (SSSR count). The second-order valence-electron chi connectivity index (χ2n) is 4.23. The minimum Gasteiger partial charge on any atom is -0.352 e. The first-order valence-corrected chi connectivity index (χ1v) is 7.21. The molecule has 1 N–H and O–H groups in total. The monoisotopic (exact) mass is 306 g/mol. The van der Waals surface area contributed by atoms with Gasteiger partial charge in [0, 0.05) is 6.54 Å². The van der Waals surface area contributed by atoms with Gasteiger partial charge in [-0.05, 0) is 19.1 Å². The van der Waals surface area contributed by atoms with Crippen molar-refractivity contribution in [3.05, 3.63) is 49.1 Å². The Morgan fingerprint density at radius 1 is 1.57 bits per heavy atom. The molecule has 1 atom stereocenters. The topological polar surface area (TPSA) is 59.8 Å². The molecule has 0 fully saturated rings. The fourth-order valence-corrected chi connectivity index (χ4v) is 2.51. The minimum atomic E-state index is -0.375. The molecule has 21 heavy (non-hydrogen) atoms. The molecule has 0 spiro atoms. The minimum absolute atomic E-state index is 0.136. The lowest BCUT2D eigenvalue weighted by Crippen LogP contribution is -2.31. The Morgan fingerprint density at radius 3 is 3.05 bits per heavy atom. The van der Waals surface area contributed by atoms with Crippen LogP contribution in [-0.4, -0.2) is 32.5 Å². The van der Waals surface area contributed by atoms with E-state index in [0.717, 1.165) is 0 Å². The number of amides is 1. The van der Waals surface area contributed by atoms with E-state index in [9.17, 15) is 9.18 Å². The van der Waals surface area contributed by atoms with E-state index in [2.05, 4.69) is 22.1 Å². The number of hydrogen-bond acceptors (Lipinski definition) is 4. The molecule has 0 saturated heterocycles. The Bertz CT molecular complexity index is 643. The number of carbonyl (C=O) groups is 1. The summed E-state index contributed by atoms with van der Waals surface area (Å²) in [5.41, 5.74) is 0.351. The van der Waals surface area contributed by atoms with E-state index in [1.54, 1.807) is 31.2 Å². The van der Waals surface area contributed by atoms with Crippen molar-refractivity contribution >= 4 is 17.7 Å². The smallest absolute Gasteiger partial charge is 0.233 e. The highest BCUT2D eigenvalue weighted by Crippen LogP contribution is 2.24. The summed E-state index contributed by atoms with van der Waals surface area (Å²) in [4.78, 5) is 11.8. The van der Waals surface area contributed by atoms with E-state index in [-0.39, 0.29) is 17.0 Å². The van der Waals surface area contributed by atoms with Crippen LogP contribution in [0.3, 0.4) is 0 Å². The van der Waals surface area contributed by atoms with Crippen LogP contribution in [0, 0.1) is 5.82 Å². The van der Waals surface area contributed by atoms with Crippen molar-refractivity contribution < 1.29 is 9.18 Å². The van der Waals surface area contributed by atoms with Crippen LogP contribution in [-0.2, 0) is 4.79 Å². The van der Waals surface area contributed by atoms with Crippen molar-refractivity contribution in [3.8, 4) is 5.69 Å². The van der Waals surface area contributed by atoms with Crippen molar-refractivity contribution in [2.24, 2.45) is 0 Å². The number of nitrogens with one attached hydrogen (secondary N) is 1.